The summed E-state index contributed by atoms with van der Waals surface area (Å²) in [7, 11) is 0. The van der Waals surface area contributed by atoms with Crippen LogP contribution >= 0.6 is 0 Å². The summed E-state index contributed by atoms with van der Waals surface area (Å²) >= 11 is 0. The summed E-state index contributed by atoms with van der Waals surface area (Å²) in [5.74, 6) is 0. The Morgan fingerprint density at radius 1 is 0.913 bits per heavy atom. The molecule has 2 aromatic carbocycles. The number of rotatable bonds is 1. The van der Waals surface area contributed by atoms with Crippen LogP contribution in [0.15, 0.2) is 73.1 Å². The number of aryl methyl sites for hydroxylation is 1. The number of hydrogen-bond donors (Lipinski definition) is 0. The Balaban J connectivity index is 0.000000469. The first-order chi connectivity index (χ1) is 9.84. The topological polar surface area (TPSA) is 4.93 Å². The number of hydrogen-bond acceptors (Lipinski definition) is 0. The fourth-order valence-corrected chi connectivity index (χ4v) is 2.39. The van der Waals surface area contributed by atoms with E-state index in [-0.39, 0.29) is 52.6 Å². The molecule has 1 atom stereocenters. The molecule has 1 aliphatic carbocycles. The number of allylic oxidation sites excluding steroid dienone is 1. The van der Waals surface area contributed by atoms with Crippen LogP contribution in [-0.4, -0.2) is 4.57 Å². The van der Waals surface area contributed by atoms with Crippen LogP contribution in [0, 0.1) is 13.0 Å². The van der Waals surface area contributed by atoms with E-state index in [1.54, 1.807) is 0 Å². The first kappa shape index (κ1) is 21.9. The third kappa shape index (κ3) is 5.47. The maximum atomic E-state index is 3.36. The molecule has 0 amide bonds. The van der Waals surface area contributed by atoms with Crippen LogP contribution in [0.4, 0.5) is 0 Å². The summed E-state index contributed by atoms with van der Waals surface area (Å²) in [5.41, 5.74) is 3.96. The molecule has 0 bridgehead atoms. The molecule has 3 aromatic rings. The Kier molecular flexibility index (Phi) is 10.1. The Morgan fingerprint density at radius 3 is 2.09 bits per heavy atom. The average molecular weight is 378 g/mol. The smallest absolute Gasteiger partial charge is 1.00 e. The molecule has 116 valence electrons. The SMILES string of the molecule is C[c-]1cccc1.[C-]1=Cc2ccccc2C1n1cccc1.[Cl-].[Cl-].[Ti+4]. The molecule has 0 fully saturated rings. The van der Waals surface area contributed by atoms with E-state index in [0.717, 1.165) is 0 Å². The summed E-state index contributed by atoms with van der Waals surface area (Å²) in [5, 5.41) is 0. The maximum Gasteiger partial charge on any atom is 4.00 e. The van der Waals surface area contributed by atoms with Gasteiger partial charge in [0.2, 0.25) is 0 Å². The van der Waals surface area contributed by atoms with Crippen molar-refractivity contribution in [2.24, 2.45) is 0 Å². The van der Waals surface area contributed by atoms with Gasteiger partial charge in [0.05, 0.1) is 0 Å². The molecule has 0 aliphatic heterocycles. The molecule has 1 nitrogen and oxygen atoms in total. The van der Waals surface area contributed by atoms with E-state index >= 15 is 0 Å². The quantitative estimate of drug-likeness (QED) is 0.364. The number of halogens is 2. The molecular formula is C19H17Cl2NTi. The predicted octanol–water partition coefficient (Wildman–Crippen LogP) is -1.37. The second-order valence-electron chi connectivity index (χ2n) is 4.93. The molecule has 0 saturated carbocycles. The van der Waals surface area contributed by atoms with Crippen LogP contribution in [0.25, 0.3) is 6.08 Å². The second kappa shape index (κ2) is 10.6. The fourth-order valence-electron chi connectivity index (χ4n) is 2.39. The van der Waals surface area contributed by atoms with Crippen LogP contribution < -0.4 is 24.8 Å². The van der Waals surface area contributed by atoms with Gasteiger partial charge in [-0.1, -0.05) is 25.1 Å². The molecule has 1 aliphatic rings. The van der Waals surface area contributed by atoms with Gasteiger partial charge in [0.25, 0.3) is 0 Å². The molecule has 0 spiro atoms. The van der Waals surface area contributed by atoms with Gasteiger partial charge in [-0.15, -0.1) is 11.6 Å². The zero-order valence-electron chi connectivity index (χ0n) is 12.8. The average Bonchev–Trinajstić information content (AvgIpc) is 3.19. The van der Waals surface area contributed by atoms with Crippen molar-refractivity contribution < 1.29 is 46.5 Å². The van der Waals surface area contributed by atoms with Crippen molar-refractivity contribution in [1.82, 2.24) is 4.57 Å². The number of nitrogens with zero attached hydrogens (tertiary/aromatic N) is 1. The Bertz CT molecular complexity index is 688. The van der Waals surface area contributed by atoms with Gasteiger partial charge in [-0.25, -0.2) is 24.3 Å². The Labute approximate surface area is 165 Å². The van der Waals surface area contributed by atoms with E-state index in [0.29, 0.717) is 0 Å². The number of fused-ring (bicyclic) bond motifs is 1. The van der Waals surface area contributed by atoms with Crippen LogP contribution in [-0.2, 0) is 21.7 Å². The minimum Gasteiger partial charge on any atom is -1.00 e. The van der Waals surface area contributed by atoms with Crippen LogP contribution in [0.3, 0.4) is 0 Å². The van der Waals surface area contributed by atoms with Crippen molar-refractivity contribution in [2.45, 2.75) is 13.0 Å². The third-order valence-corrected chi connectivity index (χ3v) is 3.44. The van der Waals surface area contributed by atoms with Gasteiger partial charge in [-0.3, -0.25) is 0 Å². The van der Waals surface area contributed by atoms with Crippen molar-refractivity contribution in [3.63, 3.8) is 0 Å². The molecule has 1 heterocycles. The number of benzene rings is 1. The Hall–Kier alpha value is -1.12. The standard InChI is InChI=1S/C13H10N.C6H7.2ClH.Ti/c1-2-6-12-11(5-1)7-8-13(12)14-9-3-4-10-14;1-6-4-2-3-5-6;;;/h1-7,9-10,13H;2-5H,1H3;2*1H;/q2*-1;;;+4/p-2. The predicted molar refractivity (Wildman–Crippen MR) is 83.5 cm³/mol. The van der Waals surface area contributed by atoms with Gasteiger partial charge in [-0.05, 0) is 18.2 Å². The summed E-state index contributed by atoms with van der Waals surface area (Å²) in [6.07, 6.45) is 9.59. The largest absolute Gasteiger partial charge is 4.00 e. The molecule has 23 heavy (non-hydrogen) atoms. The van der Waals surface area contributed by atoms with Crippen LogP contribution in [0.2, 0.25) is 0 Å². The van der Waals surface area contributed by atoms with Crippen LogP contribution in [0.5, 0.6) is 0 Å². The molecule has 4 rings (SSSR count). The monoisotopic (exact) mass is 377 g/mol. The van der Waals surface area contributed by atoms with Gasteiger partial charge in [0, 0.05) is 12.4 Å². The van der Waals surface area contributed by atoms with E-state index in [9.17, 15) is 0 Å². The summed E-state index contributed by atoms with van der Waals surface area (Å²) < 4.78 is 2.17. The molecular weight excluding hydrogens is 361 g/mol. The molecule has 0 N–H and O–H groups in total. The van der Waals surface area contributed by atoms with E-state index in [4.69, 9.17) is 0 Å². The zero-order chi connectivity index (χ0) is 13.8. The zero-order valence-corrected chi connectivity index (χ0v) is 15.9. The normalized spacial score (nSPS) is 13.5. The molecule has 4 heteroatoms. The minimum absolute atomic E-state index is 0. The minimum atomic E-state index is 0. The van der Waals surface area contributed by atoms with Crippen LogP contribution in [0.1, 0.15) is 22.7 Å². The van der Waals surface area contributed by atoms with Crippen molar-refractivity contribution >= 4 is 6.08 Å². The second-order valence-corrected chi connectivity index (χ2v) is 4.93. The first-order valence-electron chi connectivity index (χ1n) is 6.83. The van der Waals surface area contributed by atoms with Crippen molar-refractivity contribution in [3.05, 3.63) is 95.8 Å². The third-order valence-electron chi connectivity index (χ3n) is 3.44. The maximum absolute atomic E-state index is 3.36. The molecule has 0 radical (unpaired) electrons. The van der Waals surface area contributed by atoms with E-state index in [2.05, 4.69) is 72.4 Å². The van der Waals surface area contributed by atoms with Crippen molar-refractivity contribution in [1.29, 1.82) is 0 Å². The van der Waals surface area contributed by atoms with Crippen molar-refractivity contribution in [2.75, 3.05) is 0 Å². The summed E-state index contributed by atoms with van der Waals surface area (Å²) in [6, 6.07) is 21.0. The summed E-state index contributed by atoms with van der Waals surface area (Å²) in [4.78, 5) is 0. The van der Waals surface area contributed by atoms with Gasteiger partial charge in [-0.2, -0.15) is 23.3 Å². The summed E-state index contributed by atoms with van der Waals surface area (Å²) in [6.45, 7) is 2.08. The van der Waals surface area contributed by atoms with E-state index < -0.39 is 0 Å². The van der Waals surface area contributed by atoms with Gasteiger partial charge >= 0.3 is 21.7 Å². The first-order valence-corrected chi connectivity index (χ1v) is 6.83. The number of aromatic nitrogens is 1. The molecule has 1 unspecified atom stereocenters. The Morgan fingerprint density at radius 2 is 1.52 bits per heavy atom. The molecule has 1 aromatic heterocycles. The van der Waals surface area contributed by atoms with Crippen molar-refractivity contribution in [3.8, 4) is 0 Å². The van der Waals surface area contributed by atoms with E-state index in [1.807, 2.05) is 24.3 Å². The fraction of sp³-hybridized carbons (Fsp3) is 0.105. The van der Waals surface area contributed by atoms with E-state index in [1.165, 1.54) is 16.7 Å². The van der Waals surface area contributed by atoms with Gasteiger partial charge in [0.1, 0.15) is 0 Å². The van der Waals surface area contributed by atoms with Gasteiger partial charge in [0.15, 0.2) is 0 Å². The van der Waals surface area contributed by atoms with Gasteiger partial charge < -0.3 is 29.4 Å². The molecule has 0 saturated heterocycles.